The molecule has 84 valence electrons. The van der Waals surface area contributed by atoms with Crippen LogP contribution in [0.4, 0.5) is 4.39 Å². The first-order chi connectivity index (χ1) is 7.63. The lowest BCUT2D eigenvalue weighted by Gasteiger charge is -2.06. The largest absolute Gasteiger partial charge is 0.232 e. The van der Waals surface area contributed by atoms with Crippen LogP contribution in [0, 0.1) is 12.7 Å². The summed E-state index contributed by atoms with van der Waals surface area (Å²) in [5.74, 6) is 0.415. The maximum atomic E-state index is 13.4. The molecule has 4 heteroatoms. The van der Waals surface area contributed by atoms with E-state index in [9.17, 15) is 4.39 Å². The summed E-state index contributed by atoms with van der Waals surface area (Å²) in [7, 11) is 0. The number of halogens is 2. The number of rotatable bonds is 2. The predicted molar refractivity (Wildman–Crippen MR) is 63.2 cm³/mol. The van der Waals surface area contributed by atoms with E-state index in [0.717, 1.165) is 12.8 Å². The Balaban J connectivity index is 2.73. The van der Waals surface area contributed by atoms with Crippen LogP contribution in [0.3, 0.4) is 0 Å². The second-order valence-corrected chi connectivity index (χ2v) is 4.11. The molecule has 16 heavy (non-hydrogen) atoms. The fraction of sp³-hybridized carbons (Fsp3) is 0.333. The minimum absolute atomic E-state index is 0.260. The van der Waals surface area contributed by atoms with Crippen LogP contribution >= 0.6 is 11.6 Å². The summed E-state index contributed by atoms with van der Waals surface area (Å²) < 4.78 is 13.4. The van der Waals surface area contributed by atoms with Gasteiger partial charge in [-0.3, -0.25) is 0 Å². The fourth-order valence-corrected chi connectivity index (χ4v) is 1.90. The number of hydrogen-bond acceptors (Lipinski definition) is 2. The summed E-state index contributed by atoms with van der Waals surface area (Å²) in [4.78, 5) is 8.54. The van der Waals surface area contributed by atoms with Crippen molar-refractivity contribution in [2.24, 2.45) is 0 Å². The molecule has 0 amide bonds. The molecule has 0 unspecified atom stereocenters. The zero-order valence-corrected chi connectivity index (χ0v) is 9.98. The van der Waals surface area contributed by atoms with Gasteiger partial charge in [-0.2, -0.15) is 0 Å². The highest BCUT2D eigenvalue weighted by Gasteiger charge is 2.10. The average Bonchev–Trinajstić information content (AvgIpc) is 2.25. The summed E-state index contributed by atoms with van der Waals surface area (Å²) in [5, 5.41) is 1.11. The van der Waals surface area contributed by atoms with Crippen LogP contribution in [0.2, 0.25) is 5.15 Å². The van der Waals surface area contributed by atoms with E-state index in [4.69, 9.17) is 11.6 Å². The Kier molecular flexibility index (Phi) is 3.06. The molecule has 1 heterocycles. The Bertz CT molecular complexity index is 540. The van der Waals surface area contributed by atoms with Crippen LogP contribution < -0.4 is 0 Å². The molecule has 0 fully saturated rings. The Labute approximate surface area is 98.5 Å². The van der Waals surface area contributed by atoms with Crippen LogP contribution in [0.5, 0.6) is 0 Å². The zero-order valence-electron chi connectivity index (χ0n) is 9.22. The quantitative estimate of drug-likeness (QED) is 0.746. The van der Waals surface area contributed by atoms with E-state index in [0.29, 0.717) is 27.4 Å². The van der Waals surface area contributed by atoms with E-state index in [1.54, 1.807) is 13.0 Å². The number of benzene rings is 1. The molecule has 0 N–H and O–H groups in total. The molecule has 0 radical (unpaired) electrons. The van der Waals surface area contributed by atoms with Gasteiger partial charge in [-0.05, 0) is 25.5 Å². The van der Waals surface area contributed by atoms with Crippen molar-refractivity contribution in [3.8, 4) is 0 Å². The van der Waals surface area contributed by atoms with Crippen molar-refractivity contribution >= 4 is 22.5 Å². The van der Waals surface area contributed by atoms with Gasteiger partial charge in [-0.15, -0.1) is 0 Å². The maximum absolute atomic E-state index is 13.4. The molecule has 0 aliphatic heterocycles. The molecular formula is C12H12ClFN2. The maximum Gasteiger partial charge on any atom is 0.140 e. The Morgan fingerprint density at radius 3 is 2.75 bits per heavy atom. The Morgan fingerprint density at radius 1 is 1.31 bits per heavy atom. The fourth-order valence-electron chi connectivity index (χ4n) is 1.65. The van der Waals surface area contributed by atoms with Crippen LogP contribution in [-0.2, 0) is 6.42 Å². The van der Waals surface area contributed by atoms with E-state index < -0.39 is 0 Å². The molecule has 1 aromatic heterocycles. The summed E-state index contributed by atoms with van der Waals surface area (Å²) in [6.45, 7) is 3.75. The number of nitrogens with zero attached hydrogens (tertiary/aromatic N) is 2. The predicted octanol–water partition coefficient (Wildman–Crippen LogP) is 3.68. The van der Waals surface area contributed by atoms with E-state index in [2.05, 4.69) is 9.97 Å². The molecule has 0 atom stereocenters. The second-order valence-electron chi connectivity index (χ2n) is 3.75. The first kappa shape index (κ1) is 11.3. The summed E-state index contributed by atoms with van der Waals surface area (Å²) >= 11 is 6.05. The minimum Gasteiger partial charge on any atom is -0.232 e. The molecule has 0 spiro atoms. The molecule has 2 rings (SSSR count). The van der Waals surface area contributed by atoms with Crippen LogP contribution in [0.25, 0.3) is 10.9 Å². The van der Waals surface area contributed by atoms with Gasteiger partial charge in [0.2, 0.25) is 0 Å². The lowest BCUT2D eigenvalue weighted by Crippen LogP contribution is -1.98. The first-order valence-electron chi connectivity index (χ1n) is 5.24. The van der Waals surface area contributed by atoms with Crippen LogP contribution in [-0.4, -0.2) is 9.97 Å². The smallest absolute Gasteiger partial charge is 0.140 e. The van der Waals surface area contributed by atoms with Gasteiger partial charge in [0.1, 0.15) is 16.8 Å². The van der Waals surface area contributed by atoms with Gasteiger partial charge in [0.05, 0.1) is 5.52 Å². The summed E-state index contributed by atoms with van der Waals surface area (Å²) in [5.41, 5.74) is 1.14. The highest BCUT2D eigenvalue weighted by atomic mass is 35.5. The Hall–Kier alpha value is -1.22. The third-order valence-electron chi connectivity index (χ3n) is 2.53. The summed E-state index contributed by atoms with van der Waals surface area (Å²) in [6, 6.07) is 3.02. The topological polar surface area (TPSA) is 25.8 Å². The van der Waals surface area contributed by atoms with Gasteiger partial charge in [0.15, 0.2) is 0 Å². The van der Waals surface area contributed by atoms with Crippen molar-refractivity contribution in [3.05, 3.63) is 34.5 Å². The van der Waals surface area contributed by atoms with E-state index in [1.807, 2.05) is 6.92 Å². The second kappa shape index (κ2) is 4.34. The van der Waals surface area contributed by atoms with E-state index >= 15 is 0 Å². The molecule has 0 aliphatic carbocycles. The van der Waals surface area contributed by atoms with Crippen molar-refractivity contribution < 1.29 is 4.39 Å². The summed E-state index contributed by atoms with van der Waals surface area (Å²) in [6.07, 6.45) is 1.70. The molecule has 1 aromatic carbocycles. The molecule has 0 saturated heterocycles. The molecule has 0 bridgehead atoms. The third-order valence-corrected chi connectivity index (χ3v) is 2.82. The lowest BCUT2D eigenvalue weighted by atomic mass is 10.1. The minimum atomic E-state index is -0.260. The standard InChI is InChI=1S/C12H12ClFN2/c1-3-4-10-15-11-7(2)9(14)6-5-8(11)12(13)16-10/h5-6H,3-4H2,1-2H3. The van der Waals surface area contributed by atoms with Crippen molar-refractivity contribution in [1.29, 1.82) is 0 Å². The molecule has 0 aliphatic rings. The monoisotopic (exact) mass is 238 g/mol. The van der Waals surface area contributed by atoms with Gasteiger partial charge in [-0.25, -0.2) is 14.4 Å². The third kappa shape index (κ3) is 1.87. The molecule has 0 saturated carbocycles. The molecule has 2 nitrogen and oxygen atoms in total. The lowest BCUT2D eigenvalue weighted by molar-refractivity contribution is 0.620. The van der Waals surface area contributed by atoms with Gasteiger partial charge in [-0.1, -0.05) is 18.5 Å². The van der Waals surface area contributed by atoms with Gasteiger partial charge in [0.25, 0.3) is 0 Å². The molecule has 2 aromatic rings. The highest BCUT2D eigenvalue weighted by Crippen LogP contribution is 2.24. The van der Waals surface area contributed by atoms with Crippen molar-refractivity contribution in [1.82, 2.24) is 9.97 Å². The SMILES string of the molecule is CCCc1nc(Cl)c2ccc(F)c(C)c2n1. The van der Waals surface area contributed by atoms with Crippen LogP contribution in [0.15, 0.2) is 12.1 Å². The highest BCUT2D eigenvalue weighted by molar-refractivity contribution is 6.34. The van der Waals surface area contributed by atoms with Gasteiger partial charge >= 0.3 is 0 Å². The van der Waals surface area contributed by atoms with Crippen molar-refractivity contribution in [2.75, 3.05) is 0 Å². The normalized spacial score (nSPS) is 11.0. The van der Waals surface area contributed by atoms with Gasteiger partial charge in [0, 0.05) is 17.4 Å². The van der Waals surface area contributed by atoms with Crippen molar-refractivity contribution in [2.45, 2.75) is 26.7 Å². The molecular weight excluding hydrogens is 227 g/mol. The number of aryl methyl sites for hydroxylation is 2. The van der Waals surface area contributed by atoms with E-state index in [1.165, 1.54) is 6.07 Å². The number of aromatic nitrogens is 2. The number of fused-ring (bicyclic) bond motifs is 1. The van der Waals surface area contributed by atoms with E-state index in [-0.39, 0.29) is 5.82 Å². The average molecular weight is 239 g/mol. The number of hydrogen-bond donors (Lipinski definition) is 0. The van der Waals surface area contributed by atoms with Gasteiger partial charge < -0.3 is 0 Å². The van der Waals surface area contributed by atoms with Crippen LogP contribution in [0.1, 0.15) is 24.7 Å². The first-order valence-corrected chi connectivity index (χ1v) is 5.62. The zero-order chi connectivity index (χ0) is 11.7. The van der Waals surface area contributed by atoms with Crippen molar-refractivity contribution in [3.63, 3.8) is 0 Å². The Morgan fingerprint density at radius 2 is 2.06 bits per heavy atom.